The van der Waals surface area contributed by atoms with Crippen LogP contribution < -0.4 is 10.6 Å². The summed E-state index contributed by atoms with van der Waals surface area (Å²) in [6.45, 7) is 2.95. The third-order valence-electron chi connectivity index (χ3n) is 2.91. The maximum absolute atomic E-state index is 8.78. The van der Waals surface area contributed by atoms with Crippen molar-refractivity contribution < 1.29 is 0 Å². The first-order chi connectivity index (χ1) is 10.3. The molecule has 0 aliphatic carbocycles. The molecule has 0 aliphatic rings. The van der Waals surface area contributed by atoms with Crippen molar-refractivity contribution in [2.45, 2.75) is 13.3 Å². The molecule has 2 aromatic rings. The van der Waals surface area contributed by atoms with Crippen LogP contribution >= 0.6 is 0 Å². The van der Waals surface area contributed by atoms with Gasteiger partial charge in [0.15, 0.2) is 0 Å². The van der Waals surface area contributed by atoms with E-state index in [4.69, 9.17) is 11.7 Å². The van der Waals surface area contributed by atoms with E-state index in [1.165, 1.54) is 0 Å². The number of aromatic nitrogens is 1. The number of nitriles is 1. The van der Waals surface area contributed by atoms with Crippen molar-refractivity contribution in [2.24, 2.45) is 0 Å². The number of hydrogen-bond donors (Lipinski definition) is 2. The Balaban J connectivity index is 2.19. The fraction of sp³-hybridized carbons (Fsp3) is 0.176. The molecule has 0 radical (unpaired) electrons. The third kappa shape index (κ3) is 3.75. The summed E-state index contributed by atoms with van der Waals surface area (Å²) in [5.41, 5.74) is 3.14. The number of terminal acetylenes is 1. The Bertz CT molecular complexity index is 690. The first-order valence-electron chi connectivity index (χ1n) is 6.74. The molecule has 1 aromatic carbocycles. The number of pyridine rings is 1. The molecule has 0 fully saturated rings. The normalized spacial score (nSPS) is 9.48. The van der Waals surface area contributed by atoms with Gasteiger partial charge in [-0.2, -0.15) is 5.26 Å². The lowest BCUT2D eigenvalue weighted by molar-refractivity contribution is 0.978. The fourth-order valence-corrected chi connectivity index (χ4v) is 1.82. The number of nitrogens with one attached hydrogen (secondary N) is 2. The van der Waals surface area contributed by atoms with Gasteiger partial charge in [0.1, 0.15) is 5.82 Å². The molecule has 2 rings (SSSR count). The van der Waals surface area contributed by atoms with Gasteiger partial charge in [0.25, 0.3) is 0 Å². The first kappa shape index (κ1) is 14.4. The van der Waals surface area contributed by atoms with Crippen LogP contribution in [0, 0.1) is 23.7 Å². The predicted octanol–water partition coefficient (Wildman–Crippen LogP) is 3.50. The van der Waals surface area contributed by atoms with E-state index in [0.29, 0.717) is 11.4 Å². The van der Waals surface area contributed by atoms with Gasteiger partial charge in [-0.3, -0.25) is 0 Å². The molecule has 4 heteroatoms. The van der Waals surface area contributed by atoms with Crippen LogP contribution in [0.1, 0.15) is 24.5 Å². The smallest absolute Gasteiger partial charge is 0.132 e. The van der Waals surface area contributed by atoms with E-state index in [1.54, 1.807) is 18.3 Å². The first-order valence-corrected chi connectivity index (χ1v) is 6.74. The predicted molar refractivity (Wildman–Crippen MR) is 85.4 cm³/mol. The zero-order valence-corrected chi connectivity index (χ0v) is 11.9. The lowest BCUT2D eigenvalue weighted by Gasteiger charge is -2.11. The highest BCUT2D eigenvalue weighted by Crippen LogP contribution is 2.21. The van der Waals surface area contributed by atoms with Crippen molar-refractivity contribution in [3.05, 3.63) is 47.7 Å². The van der Waals surface area contributed by atoms with Gasteiger partial charge in [0.05, 0.1) is 22.9 Å². The summed E-state index contributed by atoms with van der Waals surface area (Å²) in [4.78, 5) is 4.30. The minimum absolute atomic E-state index is 0.626. The Morgan fingerprint density at radius 1 is 1.29 bits per heavy atom. The summed E-state index contributed by atoms with van der Waals surface area (Å²) in [6.07, 6.45) is 8.17. The molecule has 0 amide bonds. The van der Waals surface area contributed by atoms with E-state index in [1.807, 2.05) is 18.2 Å². The van der Waals surface area contributed by atoms with Gasteiger partial charge in [-0.05, 0) is 30.7 Å². The summed E-state index contributed by atoms with van der Waals surface area (Å²) in [5.74, 6) is 3.33. The summed E-state index contributed by atoms with van der Waals surface area (Å²) < 4.78 is 0. The van der Waals surface area contributed by atoms with Crippen molar-refractivity contribution in [1.82, 2.24) is 4.98 Å². The Kier molecular flexibility index (Phi) is 4.79. The second kappa shape index (κ2) is 6.98. The average molecular weight is 276 g/mol. The molecule has 0 saturated carbocycles. The largest absolute Gasteiger partial charge is 0.384 e. The second-order valence-corrected chi connectivity index (χ2v) is 4.50. The van der Waals surface area contributed by atoms with Crippen molar-refractivity contribution in [3.8, 4) is 18.4 Å². The molecule has 4 nitrogen and oxygen atoms in total. The number of rotatable bonds is 5. The Morgan fingerprint density at radius 2 is 2.05 bits per heavy atom. The minimum atomic E-state index is 0.626. The fourth-order valence-electron chi connectivity index (χ4n) is 1.82. The van der Waals surface area contributed by atoms with Gasteiger partial charge in [0.2, 0.25) is 0 Å². The van der Waals surface area contributed by atoms with E-state index in [9.17, 15) is 0 Å². The Hall–Kier alpha value is -2.98. The second-order valence-electron chi connectivity index (χ2n) is 4.50. The molecule has 2 N–H and O–H groups in total. The molecule has 1 heterocycles. The molecule has 0 spiro atoms. The van der Waals surface area contributed by atoms with E-state index < -0.39 is 0 Å². The molecule has 104 valence electrons. The number of nitrogens with zero attached hydrogens (tertiary/aromatic N) is 2. The molecule has 0 saturated heterocycles. The summed E-state index contributed by atoms with van der Waals surface area (Å²) in [6, 6.07) is 11.2. The summed E-state index contributed by atoms with van der Waals surface area (Å²) in [7, 11) is 0. The maximum Gasteiger partial charge on any atom is 0.132 e. The molecule has 1 aromatic heterocycles. The van der Waals surface area contributed by atoms with E-state index in [-0.39, 0.29) is 0 Å². The van der Waals surface area contributed by atoms with Crippen LogP contribution in [0.4, 0.5) is 17.2 Å². The third-order valence-corrected chi connectivity index (χ3v) is 2.91. The molecular weight excluding hydrogens is 260 g/mol. The van der Waals surface area contributed by atoms with Crippen molar-refractivity contribution in [2.75, 3.05) is 17.2 Å². The molecular formula is C17H16N4. The Morgan fingerprint density at radius 3 is 2.67 bits per heavy atom. The molecule has 0 unspecified atom stereocenters. The summed E-state index contributed by atoms with van der Waals surface area (Å²) >= 11 is 0. The zero-order chi connectivity index (χ0) is 15.1. The van der Waals surface area contributed by atoms with E-state index in [0.717, 1.165) is 29.9 Å². The monoisotopic (exact) mass is 276 g/mol. The van der Waals surface area contributed by atoms with Gasteiger partial charge in [-0.25, -0.2) is 4.98 Å². The number of benzene rings is 1. The molecule has 21 heavy (non-hydrogen) atoms. The van der Waals surface area contributed by atoms with Crippen LogP contribution in [-0.4, -0.2) is 11.5 Å². The minimum Gasteiger partial charge on any atom is -0.384 e. The molecule has 0 atom stereocenters. The highest BCUT2D eigenvalue weighted by molar-refractivity contribution is 5.66. The zero-order valence-electron chi connectivity index (χ0n) is 11.9. The lowest BCUT2D eigenvalue weighted by atomic mass is 10.2. The van der Waals surface area contributed by atoms with Gasteiger partial charge >= 0.3 is 0 Å². The SMILES string of the molecule is C#Cc1cnc(Nc2ccc(C#N)cc2)cc1NCCC. The van der Waals surface area contributed by atoms with Crippen molar-refractivity contribution in [3.63, 3.8) is 0 Å². The van der Waals surface area contributed by atoms with Gasteiger partial charge < -0.3 is 10.6 Å². The molecule has 0 aliphatic heterocycles. The van der Waals surface area contributed by atoms with Crippen LogP contribution in [0.3, 0.4) is 0 Å². The lowest BCUT2D eigenvalue weighted by Crippen LogP contribution is -2.03. The average Bonchev–Trinajstić information content (AvgIpc) is 2.54. The standard InChI is InChI=1S/C17H16N4/c1-3-9-19-16-10-17(20-12-14(16)4-2)21-15-7-5-13(11-18)6-8-15/h2,5-8,10,12H,3,9H2,1H3,(H2,19,20,21). The van der Waals surface area contributed by atoms with Crippen LogP contribution in [0.5, 0.6) is 0 Å². The maximum atomic E-state index is 8.78. The number of anilines is 3. The summed E-state index contributed by atoms with van der Waals surface area (Å²) in [5, 5.41) is 15.3. The van der Waals surface area contributed by atoms with E-state index in [2.05, 4.69) is 34.5 Å². The highest BCUT2D eigenvalue weighted by atomic mass is 15.0. The van der Waals surface area contributed by atoms with Crippen LogP contribution in [0.15, 0.2) is 36.5 Å². The van der Waals surface area contributed by atoms with Crippen molar-refractivity contribution in [1.29, 1.82) is 5.26 Å². The molecule has 0 bridgehead atoms. The number of hydrogen-bond acceptors (Lipinski definition) is 4. The Labute approximate surface area is 124 Å². The van der Waals surface area contributed by atoms with Gasteiger partial charge in [0, 0.05) is 24.5 Å². The van der Waals surface area contributed by atoms with Crippen LogP contribution in [0.25, 0.3) is 0 Å². The van der Waals surface area contributed by atoms with E-state index >= 15 is 0 Å². The van der Waals surface area contributed by atoms with Crippen LogP contribution in [-0.2, 0) is 0 Å². The van der Waals surface area contributed by atoms with Gasteiger partial charge in [-0.15, -0.1) is 6.42 Å². The van der Waals surface area contributed by atoms with Gasteiger partial charge in [-0.1, -0.05) is 12.8 Å². The van der Waals surface area contributed by atoms with Crippen LogP contribution in [0.2, 0.25) is 0 Å². The highest BCUT2D eigenvalue weighted by Gasteiger charge is 2.03. The quantitative estimate of drug-likeness (QED) is 0.820. The van der Waals surface area contributed by atoms with Crippen molar-refractivity contribution >= 4 is 17.2 Å². The topological polar surface area (TPSA) is 60.7 Å².